The molecule has 0 fully saturated rings. The lowest BCUT2D eigenvalue weighted by atomic mass is 9.86. The molecule has 0 aliphatic carbocycles. The van der Waals surface area contributed by atoms with Crippen LogP contribution in [-0.4, -0.2) is 16.1 Å². The second-order valence-electron chi connectivity index (χ2n) is 6.35. The molecule has 6 heteroatoms. The molecule has 124 valence electrons. The second kappa shape index (κ2) is 7.37. The molecule has 0 aliphatic rings. The zero-order chi connectivity index (χ0) is 17.7. The number of rotatable bonds is 4. The molecule has 0 bridgehead atoms. The third-order valence-electron chi connectivity index (χ3n) is 3.44. The number of aromatic nitrogens is 2. The molecular weight excluding hydrogens is 320 g/mol. The van der Waals surface area contributed by atoms with Crippen molar-refractivity contribution in [1.29, 1.82) is 5.26 Å². The number of benzene rings is 1. The van der Waals surface area contributed by atoms with Gasteiger partial charge in [-0.2, -0.15) is 5.26 Å². The van der Waals surface area contributed by atoms with Crippen LogP contribution < -0.4 is 5.32 Å². The summed E-state index contributed by atoms with van der Waals surface area (Å²) in [5.74, 6) is -0.476. The van der Waals surface area contributed by atoms with E-state index in [9.17, 15) is 10.1 Å². The van der Waals surface area contributed by atoms with Gasteiger partial charge in [-0.1, -0.05) is 63.3 Å². The zero-order valence-corrected chi connectivity index (χ0v) is 15.1. The van der Waals surface area contributed by atoms with Gasteiger partial charge in [0.25, 0.3) is 5.91 Å². The molecule has 1 heterocycles. The van der Waals surface area contributed by atoms with Crippen molar-refractivity contribution >= 4 is 28.5 Å². The van der Waals surface area contributed by atoms with Gasteiger partial charge in [0.1, 0.15) is 16.6 Å². The summed E-state index contributed by atoms with van der Waals surface area (Å²) in [6.45, 7) is 8.38. The molecule has 2 aromatic rings. The van der Waals surface area contributed by atoms with Crippen LogP contribution >= 0.6 is 11.3 Å². The first kappa shape index (κ1) is 17.8. The quantitative estimate of drug-likeness (QED) is 0.675. The topological polar surface area (TPSA) is 78.7 Å². The number of carbonyl (C=O) groups is 1. The van der Waals surface area contributed by atoms with Crippen LogP contribution in [-0.2, 0) is 16.6 Å². The van der Waals surface area contributed by atoms with E-state index in [0.717, 1.165) is 17.0 Å². The predicted octanol–water partition coefficient (Wildman–Crippen LogP) is 3.94. The van der Waals surface area contributed by atoms with Gasteiger partial charge in [-0.3, -0.25) is 10.1 Å². The molecule has 1 amide bonds. The summed E-state index contributed by atoms with van der Waals surface area (Å²) in [6, 6.07) is 9.78. The van der Waals surface area contributed by atoms with Gasteiger partial charge in [0.2, 0.25) is 5.13 Å². The van der Waals surface area contributed by atoms with Crippen molar-refractivity contribution in [3.05, 3.63) is 46.0 Å². The monoisotopic (exact) mass is 340 g/mol. The minimum Gasteiger partial charge on any atom is -0.296 e. The molecule has 0 unspecified atom stereocenters. The van der Waals surface area contributed by atoms with E-state index >= 15 is 0 Å². The first-order valence-corrected chi connectivity index (χ1v) is 8.51. The van der Waals surface area contributed by atoms with Crippen molar-refractivity contribution in [1.82, 2.24) is 10.2 Å². The number of nitrogens with zero attached hydrogens (tertiary/aromatic N) is 3. The van der Waals surface area contributed by atoms with Crippen LogP contribution in [0.1, 0.15) is 43.8 Å². The Hall–Kier alpha value is -2.52. The number of anilines is 1. The van der Waals surface area contributed by atoms with Crippen molar-refractivity contribution < 1.29 is 4.79 Å². The number of nitrogens with one attached hydrogen (secondary N) is 1. The van der Waals surface area contributed by atoms with Crippen molar-refractivity contribution in [3.8, 4) is 6.07 Å². The van der Waals surface area contributed by atoms with Crippen LogP contribution in [0.2, 0.25) is 0 Å². The third-order valence-corrected chi connectivity index (χ3v) is 4.43. The van der Waals surface area contributed by atoms with Crippen LogP contribution in [0.4, 0.5) is 5.13 Å². The Bertz CT molecular complexity index is 792. The van der Waals surface area contributed by atoms with E-state index in [0.29, 0.717) is 5.13 Å². The van der Waals surface area contributed by atoms with E-state index in [1.807, 2.05) is 37.3 Å². The van der Waals surface area contributed by atoms with Gasteiger partial charge in [0.05, 0.1) is 0 Å². The second-order valence-corrected chi connectivity index (χ2v) is 7.41. The van der Waals surface area contributed by atoms with Crippen molar-refractivity contribution in [2.75, 3.05) is 5.32 Å². The fraction of sp³-hybridized carbons (Fsp3) is 0.333. The van der Waals surface area contributed by atoms with E-state index < -0.39 is 5.91 Å². The largest absolute Gasteiger partial charge is 0.296 e. The first-order valence-electron chi connectivity index (χ1n) is 7.69. The molecule has 0 saturated carbocycles. The number of hydrogen-bond donors (Lipinski definition) is 1. The number of aryl methyl sites for hydroxylation is 1. The summed E-state index contributed by atoms with van der Waals surface area (Å²) in [6.07, 6.45) is 2.33. The standard InChI is InChI=1S/C18H20N4OS/c1-5-15-21-22-17(24-15)20-16(23)13(11-19)10-12-6-8-14(9-7-12)18(2,3)4/h6-10H,5H2,1-4H3,(H,20,22,23)/b13-10+. The highest BCUT2D eigenvalue weighted by Crippen LogP contribution is 2.23. The fourth-order valence-electron chi connectivity index (χ4n) is 2.01. The van der Waals surface area contributed by atoms with Crippen LogP contribution in [0.15, 0.2) is 29.8 Å². The van der Waals surface area contributed by atoms with Crippen LogP contribution in [0.25, 0.3) is 6.08 Å². The fourth-order valence-corrected chi connectivity index (χ4v) is 2.68. The summed E-state index contributed by atoms with van der Waals surface area (Å²) >= 11 is 1.31. The van der Waals surface area contributed by atoms with E-state index in [-0.39, 0.29) is 11.0 Å². The van der Waals surface area contributed by atoms with Gasteiger partial charge in [0, 0.05) is 0 Å². The van der Waals surface area contributed by atoms with E-state index in [2.05, 4.69) is 36.3 Å². The van der Waals surface area contributed by atoms with Gasteiger partial charge >= 0.3 is 0 Å². The highest BCUT2D eigenvalue weighted by Gasteiger charge is 2.14. The van der Waals surface area contributed by atoms with Gasteiger partial charge in [-0.15, -0.1) is 10.2 Å². The molecule has 0 aliphatic heterocycles. The van der Waals surface area contributed by atoms with E-state index in [1.54, 1.807) is 6.08 Å². The van der Waals surface area contributed by atoms with Gasteiger partial charge < -0.3 is 0 Å². The lowest BCUT2D eigenvalue weighted by molar-refractivity contribution is -0.112. The summed E-state index contributed by atoms with van der Waals surface area (Å²) < 4.78 is 0. The summed E-state index contributed by atoms with van der Waals surface area (Å²) in [4.78, 5) is 12.2. The first-order chi connectivity index (χ1) is 11.3. The van der Waals surface area contributed by atoms with Crippen molar-refractivity contribution in [2.24, 2.45) is 0 Å². The molecule has 0 radical (unpaired) electrons. The third kappa shape index (κ3) is 4.49. The zero-order valence-electron chi connectivity index (χ0n) is 14.3. The Morgan fingerprint density at radius 3 is 2.46 bits per heavy atom. The molecule has 0 spiro atoms. The van der Waals surface area contributed by atoms with Crippen LogP contribution in [0, 0.1) is 11.3 Å². The maximum absolute atomic E-state index is 12.2. The molecule has 0 saturated heterocycles. The normalized spacial score (nSPS) is 11.9. The van der Waals surface area contributed by atoms with Gasteiger partial charge in [0.15, 0.2) is 0 Å². The summed E-state index contributed by atoms with van der Waals surface area (Å²) in [7, 11) is 0. The molecule has 2 rings (SSSR count). The summed E-state index contributed by atoms with van der Waals surface area (Å²) in [5, 5.41) is 21.0. The Morgan fingerprint density at radius 2 is 1.96 bits per heavy atom. The maximum Gasteiger partial charge on any atom is 0.268 e. The maximum atomic E-state index is 12.2. The highest BCUT2D eigenvalue weighted by atomic mass is 32.1. The smallest absolute Gasteiger partial charge is 0.268 e. The Balaban J connectivity index is 2.16. The Morgan fingerprint density at radius 1 is 1.29 bits per heavy atom. The molecular formula is C18H20N4OS. The average molecular weight is 340 g/mol. The molecule has 1 N–H and O–H groups in total. The Kier molecular flexibility index (Phi) is 5.47. The highest BCUT2D eigenvalue weighted by molar-refractivity contribution is 7.15. The van der Waals surface area contributed by atoms with Gasteiger partial charge in [-0.25, -0.2) is 0 Å². The molecule has 24 heavy (non-hydrogen) atoms. The minimum atomic E-state index is -0.476. The molecule has 1 aromatic heterocycles. The molecule has 0 atom stereocenters. The number of hydrogen-bond acceptors (Lipinski definition) is 5. The number of amides is 1. The Labute approximate surface area is 146 Å². The van der Waals surface area contributed by atoms with Crippen LogP contribution in [0.5, 0.6) is 0 Å². The predicted molar refractivity (Wildman–Crippen MR) is 96.6 cm³/mol. The average Bonchev–Trinajstić information content (AvgIpc) is 2.99. The number of nitriles is 1. The SMILES string of the molecule is CCc1nnc(NC(=O)/C(C#N)=C/c2ccc(C(C)(C)C)cc2)s1. The minimum absolute atomic E-state index is 0.0340. The van der Waals surface area contributed by atoms with Crippen molar-refractivity contribution in [3.63, 3.8) is 0 Å². The number of carbonyl (C=O) groups excluding carboxylic acids is 1. The molecule has 1 aromatic carbocycles. The molecule has 5 nitrogen and oxygen atoms in total. The van der Waals surface area contributed by atoms with Crippen LogP contribution in [0.3, 0.4) is 0 Å². The lowest BCUT2D eigenvalue weighted by Gasteiger charge is -2.18. The van der Waals surface area contributed by atoms with Crippen molar-refractivity contribution in [2.45, 2.75) is 39.5 Å². The van der Waals surface area contributed by atoms with E-state index in [4.69, 9.17) is 0 Å². The summed E-state index contributed by atoms with van der Waals surface area (Å²) in [5.41, 5.74) is 2.10. The van der Waals surface area contributed by atoms with E-state index in [1.165, 1.54) is 16.9 Å². The lowest BCUT2D eigenvalue weighted by Crippen LogP contribution is -2.13. The van der Waals surface area contributed by atoms with Gasteiger partial charge in [-0.05, 0) is 29.0 Å².